The van der Waals surface area contributed by atoms with Crippen LogP contribution in [0.4, 0.5) is 4.79 Å². The van der Waals surface area contributed by atoms with E-state index in [-0.39, 0.29) is 6.09 Å². The van der Waals surface area contributed by atoms with Gasteiger partial charge in [0.05, 0.1) is 18.8 Å². The number of amides is 1. The molecule has 2 N–H and O–H groups in total. The van der Waals surface area contributed by atoms with Crippen LogP contribution in [0.1, 0.15) is 6.92 Å². The summed E-state index contributed by atoms with van der Waals surface area (Å²) in [6, 6.07) is 1.89. The highest BCUT2D eigenvalue weighted by atomic mass is 16.6. The van der Waals surface area contributed by atoms with E-state index in [0.29, 0.717) is 38.6 Å². The summed E-state index contributed by atoms with van der Waals surface area (Å²) < 4.78 is 4.89. The molecule has 6 heteroatoms. The van der Waals surface area contributed by atoms with Crippen molar-refractivity contribution in [2.24, 2.45) is 5.73 Å². The molecule has 0 aromatic heterocycles. The number of piperazine rings is 1. The maximum absolute atomic E-state index is 11.4. The first kappa shape index (κ1) is 12.2. The lowest BCUT2D eigenvalue weighted by Gasteiger charge is -2.35. The molecule has 1 saturated heterocycles. The van der Waals surface area contributed by atoms with Gasteiger partial charge in [-0.1, -0.05) is 0 Å². The summed E-state index contributed by atoms with van der Waals surface area (Å²) in [4.78, 5) is 14.9. The number of carbonyl (C=O) groups is 1. The molecular formula is C10H16N4O2. The van der Waals surface area contributed by atoms with Gasteiger partial charge >= 0.3 is 6.09 Å². The number of carbonyl (C=O) groups excluding carboxylic acids is 1. The van der Waals surface area contributed by atoms with Gasteiger partial charge in [0, 0.05) is 26.2 Å². The molecule has 88 valence electrons. The van der Waals surface area contributed by atoms with Crippen molar-refractivity contribution in [3.05, 3.63) is 11.9 Å². The van der Waals surface area contributed by atoms with Gasteiger partial charge < -0.3 is 20.3 Å². The first-order chi connectivity index (χ1) is 7.69. The predicted octanol–water partition coefficient (Wildman–Crippen LogP) is 0.0842. The zero-order valence-electron chi connectivity index (χ0n) is 9.35. The van der Waals surface area contributed by atoms with E-state index in [9.17, 15) is 4.79 Å². The molecule has 0 saturated carbocycles. The molecule has 0 radical (unpaired) electrons. The first-order valence-corrected chi connectivity index (χ1v) is 5.21. The van der Waals surface area contributed by atoms with Gasteiger partial charge in [-0.3, -0.25) is 0 Å². The number of nitrogens with two attached hydrogens (primary N) is 1. The Kier molecular flexibility index (Phi) is 4.45. The molecule has 0 aromatic rings. The molecule has 1 fully saturated rings. The summed E-state index contributed by atoms with van der Waals surface area (Å²) in [5.41, 5.74) is 5.67. The van der Waals surface area contributed by atoms with Crippen molar-refractivity contribution in [1.29, 1.82) is 5.26 Å². The van der Waals surface area contributed by atoms with E-state index in [2.05, 4.69) is 0 Å². The standard InChI is InChI=1S/C10H16N4O2/c1-2-16-10(15)14-7-5-13(6-8-14)9(12)3-4-11/h3H,2,5-8,12H2,1H3/b9-3+. The van der Waals surface area contributed by atoms with Crippen LogP contribution in [0.5, 0.6) is 0 Å². The zero-order valence-corrected chi connectivity index (χ0v) is 9.35. The molecule has 16 heavy (non-hydrogen) atoms. The van der Waals surface area contributed by atoms with Crippen molar-refractivity contribution in [3.8, 4) is 6.07 Å². The Labute approximate surface area is 94.9 Å². The van der Waals surface area contributed by atoms with Crippen LogP contribution in [-0.2, 0) is 4.74 Å². The van der Waals surface area contributed by atoms with E-state index in [4.69, 9.17) is 15.7 Å². The predicted molar refractivity (Wildman–Crippen MR) is 58.1 cm³/mol. The number of hydrogen-bond acceptors (Lipinski definition) is 5. The number of hydrogen-bond donors (Lipinski definition) is 1. The van der Waals surface area contributed by atoms with E-state index < -0.39 is 0 Å². The van der Waals surface area contributed by atoms with Gasteiger partial charge in [-0.15, -0.1) is 0 Å². The molecule has 0 unspecified atom stereocenters. The van der Waals surface area contributed by atoms with Crippen LogP contribution in [0, 0.1) is 11.3 Å². The largest absolute Gasteiger partial charge is 0.450 e. The molecule has 0 bridgehead atoms. The van der Waals surface area contributed by atoms with Gasteiger partial charge in [0.15, 0.2) is 0 Å². The topological polar surface area (TPSA) is 82.6 Å². The third kappa shape index (κ3) is 3.05. The van der Waals surface area contributed by atoms with E-state index in [1.54, 1.807) is 11.8 Å². The number of rotatable bonds is 2. The third-order valence-electron chi connectivity index (χ3n) is 2.38. The van der Waals surface area contributed by atoms with Crippen molar-refractivity contribution < 1.29 is 9.53 Å². The number of nitriles is 1. The minimum absolute atomic E-state index is 0.287. The summed E-state index contributed by atoms with van der Waals surface area (Å²) in [6.45, 7) is 4.56. The third-order valence-corrected chi connectivity index (χ3v) is 2.38. The van der Waals surface area contributed by atoms with E-state index in [0.717, 1.165) is 0 Å². The second-order valence-electron chi connectivity index (χ2n) is 3.37. The first-order valence-electron chi connectivity index (χ1n) is 5.21. The lowest BCUT2D eigenvalue weighted by atomic mass is 10.3. The van der Waals surface area contributed by atoms with Crippen LogP contribution in [0.15, 0.2) is 11.9 Å². The molecule has 1 rings (SSSR count). The van der Waals surface area contributed by atoms with Crippen molar-refractivity contribution in [3.63, 3.8) is 0 Å². The molecule has 0 spiro atoms. The summed E-state index contributed by atoms with van der Waals surface area (Å²) in [6.07, 6.45) is 1.02. The Morgan fingerprint density at radius 2 is 2.00 bits per heavy atom. The van der Waals surface area contributed by atoms with Crippen LogP contribution < -0.4 is 5.73 Å². The second kappa shape index (κ2) is 5.85. The number of allylic oxidation sites excluding steroid dienone is 1. The van der Waals surface area contributed by atoms with Gasteiger partial charge in [-0.25, -0.2) is 4.79 Å². The van der Waals surface area contributed by atoms with E-state index in [1.807, 2.05) is 11.0 Å². The average molecular weight is 224 g/mol. The second-order valence-corrected chi connectivity index (χ2v) is 3.37. The highest BCUT2D eigenvalue weighted by Gasteiger charge is 2.21. The van der Waals surface area contributed by atoms with E-state index >= 15 is 0 Å². The molecular weight excluding hydrogens is 208 g/mol. The lowest BCUT2D eigenvalue weighted by molar-refractivity contribution is 0.0866. The Morgan fingerprint density at radius 1 is 1.44 bits per heavy atom. The molecule has 0 aliphatic carbocycles. The summed E-state index contributed by atoms with van der Waals surface area (Å²) in [5, 5.41) is 8.46. The fraction of sp³-hybridized carbons (Fsp3) is 0.600. The Bertz CT molecular complexity index is 313. The van der Waals surface area contributed by atoms with Gasteiger partial charge in [-0.05, 0) is 6.92 Å². The van der Waals surface area contributed by atoms with Crippen LogP contribution in [0.25, 0.3) is 0 Å². The number of nitrogens with zero attached hydrogens (tertiary/aromatic N) is 3. The maximum Gasteiger partial charge on any atom is 0.409 e. The highest BCUT2D eigenvalue weighted by molar-refractivity contribution is 5.67. The van der Waals surface area contributed by atoms with Crippen molar-refractivity contribution in [2.45, 2.75) is 6.92 Å². The summed E-state index contributed by atoms with van der Waals surface area (Å²) in [5.74, 6) is 0.450. The van der Waals surface area contributed by atoms with Gasteiger partial charge in [0.25, 0.3) is 0 Å². The molecule has 1 aliphatic rings. The Hall–Kier alpha value is -1.90. The fourth-order valence-corrected chi connectivity index (χ4v) is 1.52. The quantitative estimate of drug-likeness (QED) is 0.672. The van der Waals surface area contributed by atoms with Crippen LogP contribution in [-0.4, -0.2) is 48.7 Å². The average Bonchev–Trinajstić information content (AvgIpc) is 2.30. The summed E-state index contributed by atoms with van der Waals surface area (Å²) >= 11 is 0. The molecule has 0 atom stereocenters. The minimum Gasteiger partial charge on any atom is -0.450 e. The summed E-state index contributed by atoms with van der Waals surface area (Å²) in [7, 11) is 0. The number of ether oxygens (including phenoxy) is 1. The minimum atomic E-state index is -0.287. The van der Waals surface area contributed by atoms with Gasteiger partial charge in [0.2, 0.25) is 0 Å². The van der Waals surface area contributed by atoms with Crippen LogP contribution in [0.3, 0.4) is 0 Å². The monoisotopic (exact) mass is 224 g/mol. The van der Waals surface area contributed by atoms with Crippen LogP contribution >= 0.6 is 0 Å². The Balaban J connectivity index is 2.43. The smallest absolute Gasteiger partial charge is 0.409 e. The molecule has 1 aliphatic heterocycles. The SMILES string of the molecule is CCOC(=O)N1CCN(/C(N)=C/C#N)CC1. The fourth-order valence-electron chi connectivity index (χ4n) is 1.52. The Morgan fingerprint density at radius 3 is 2.50 bits per heavy atom. The van der Waals surface area contributed by atoms with Crippen molar-refractivity contribution >= 4 is 6.09 Å². The van der Waals surface area contributed by atoms with Crippen LogP contribution in [0.2, 0.25) is 0 Å². The van der Waals surface area contributed by atoms with Gasteiger partial charge in [0.1, 0.15) is 5.82 Å². The zero-order chi connectivity index (χ0) is 12.0. The highest BCUT2D eigenvalue weighted by Crippen LogP contribution is 2.06. The van der Waals surface area contributed by atoms with E-state index in [1.165, 1.54) is 6.08 Å². The van der Waals surface area contributed by atoms with Crippen molar-refractivity contribution in [1.82, 2.24) is 9.80 Å². The maximum atomic E-state index is 11.4. The normalized spacial score (nSPS) is 16.9. The lowest BCUT2D eigenvalue weighted by Crippen LogP contribution is -2.49. The van der Waals surface area contributed by atoms with Crippen molar-refractivity contribution in [2.75, 3.05) is 32.8 Å². The molecule has 1 amide bonds. The van der Waals surface area contributed by atoms with Gasteiger partial charge in [-0.2, -0.15) is 5.26 Å². The molecule has 6 nitrogen and oxygen atoms in total. The molecule has 0 aromatic carbocycles. The molecule has 1 heterocycles.